The first kappa shape index (κ1) is 22.9. The Morgan fingerprint density at radius 2 is 1.67 bits per heavy atom. The predicted octanol–water partition coefficient (Wildman–Crippen LogP) is 2.72. The maximum Gasteiger partial charge on any atom is 0.325 e. The Kier molecular flexibility index (Phi) is 8.87. The third-order valence-electron chi connectivity index (χ3n) is 4.44. The van der Waals surface area contributed by atoms with Crippen molar-refractivity contribution in [1.29, 1.82) is 0 Å². The molecule has 0 unspecified atom stereocenters. The van der Waals surface area contributed by atoms with Gasteiger partial charge in [-0.2, -0.15) is 0 Å². The van der Waals surface area contributed by atoms with E-state index in [-0.39, 0.29) is 19.1 Å². The smallest absolute Gasteiger partial charge is 0.325 e. The van der Waals surface area contributed by atoms with Gasteiger partial charge in [0.15, 0.2) is 6.61 Å². The van der Waals surface area contributed by atoms with Gasteiger partial charge in [0.1, 0.15) is 12.3 Å². The zero-order valence-corrected chi connectivity index (χ0v) is 17.6. The summed E-state index contributed by atoms with van der Waals surface area (Å²) in [5.74, 6) is -0.719. The molecule has 1 N–H and O–H groups in total. The molecule has 0 heterocycles. The highest BCUT2D eigenvalue weighted by Gasteiger charge is 2.16. The summed E-state index contributed by atoms with van der Waals surface area (Å²) in [7, 11) is 1.54. The van der Waals surface area contributed by atoms with Crippen LogP contribution in [0.25, 0.3) is 0 Å². The number of ether oxygens (including phenoxy) is 2. The van der Waals surface area contributed by atoms with Gasteiger partial charge in [0.25, 0.3) is 11.8 Å². The summed E-state index contributed by atoms with van der Waals surface area (Å²) in [6, 6.07) is 14.4. The molecule has 0 aromatic heterocycles. The van der Waals surface area contributed by atoms with Crippen LogP contribution in [0.15, 0.2) is 48.5 Å². The van der Waals surface area contributed by atoms with Crippen molar-refractivity contribution in [3.63, 3.8) is 0 Å². The van der Waals surface area contributed by atoms with Crippen molar-refractivity contribution in [2.45, 2.75) is 26.8 Å². The van der Waals surface area contributed by atoms with E-state index in [1.165, 1.54) is 7.11 Å². The van der Waals surface area contributed by atoms with Gasteiger partial charge in [0, 0.05) is 18.7 Å². The molecule has 2 rings (SSSR count). The van der Waals surface area contributed by atoms with E-state index < -0.39 is 11.9 Å². The normalized spacial score (nSPS) is 10.2. The summed E-state index contributed by atoms with van der Waals surface area (Å²) in [6.45, 7) is 4.34. The molecule has 0 fully saturated rings. The van der Waals surface area contributed by atoms with Gasteiger partial charge in [-0.1, -0.05) is 36.8 Å². The third kappa shape index (κ3) is 7.24. The van der Waals surface area contributed by atoms with Gasteiger partial charge in [0.05, 0.1) is 7.11 Å². The Hall–Kier alpha value is -3.35. The minimum absolute atomic E-state index is 0.271. The lowest BCUT2D eigenvalue weighted by molar-refractivity contribution is -0.151. The number of nitrogens with zero attached hydrogens (tertiary/aromatic N) is 1. The number of rotatable bonds is 10. The Balaban J connectivity index is 1.80. The molecule has 0 atom stereocenters. The van der Waals surface area contributed by atoms with Crippen LogP contribution in [0.1, 0.15) is 34.8 Å². The number of carbonyl (C=O) groups excluding carboxylic acids is 3. The van der Waals surface area contributed by atoms with Gasteiger partial charge in [-0.25, -0.2) is 0 Å². The molecule has 0 aliphatic heterocycles. The maximum atomic E-state index is 12.5. The van der Waals surface area contributed by atoms with E-state index in [0.29, 0.717) is 24.4 Å². The Morgan fingerprint density at radius 1 is 1.00 bits per heavy atom. The van der Waals surface area contributed by atoms with E-state index in [2.05, 4.69) is 5.32 Å². The van der Waals surface area contributed by atoms with E-state index in [0.717, 1.165) is 17.5 Å². The van der Waals surface area contributed by atoms with E-state index in [9.17, 15) is 14.4 Å². The monoisotopic (exact) mass is 412 g/mol. The summed E-state index contributed by atoms with van der Waals surface area (Å²) in [5.41, 5.74) is 2.56. The van der Waals surface area contributed by atoms with Crippen molar-refractivity contribution in [2.24, 2.45) is 0 Å². The molecule has 0 bridgehead atoms. The fourth-order valence-corrected chi connectivity index (χ4v) is 2.76. The average molecular weight is 412 g/mol. The van der Waals surface area contributed by atoms with Crippen molar-refractivity contribution in [2.75, 3.05) is 26.8 Å². The van der Waals surface area contributed by atoms with Crippen molar-refractivity contribution < 1.29 is 23.9 Å². The van der Waals surface area contributed by atoms with E-state index in [1.54, 1.807) is 29.2 Å². The lowest BCUT2D eigenvalue weighted by atomic mass is 10.1. The highest BCUT2D eigenvalue weighted by molar-refractivity contribution is 5.96. The summed E-state index contributed by atoms with van der Waals surface area (Å²) < 4.78 is 10.1. The zero-order chi connectivity index (χ0) is 21.9. The van der Waals surface area contributed by atoms with Crippen molar-refractivity contribution >= 4 is 17.8 Å². The number of nitrogens with one attached hydrogen (secondary N) is 1. The molecule has 30 heavy (non-hydrogen) atoms. The van der Waals surface area contributed by atoms with E-state index in [1.807, 2.05) is 38.1 Å². The predicted molar refractivity (Wildman–Crippen MR) is 113 cm³/mol. The number of methoxy groups -OCH3 is 1. The SMILES string of the molecule is CCCN(Cc1ccc(C)cc1)C(=O)COC(=O)CNC(=O)c1ccc(OC)cc1. The van der Waals surface area contributed by atoms with Crippen molar-refractivity contribution in [1.82, 2.24) is 10.2 Å². The number of aryl methyl sites for hydroxylation is 1. The topological polar surface area (TPSA) is 84.9 Å². The lowest BCUT2D eigenvalue weighted by Gasteiger charge is -2.22. The number of esters is 1. The van der Waals surface area contributed by atoms with Crippen LogP contribution in [0.4, 0.5) is 0 Å². The first-order valence-electron chi connectivity index (χ1n) is 9.84. The second-order valence-corrected chi connectivity index (χ2v) is 6.87. The number of carbonyl (C=O) groups is 3. The quantitative estimate of drug-likeness (QED) is 0.607. The van der Waals surface area contributed by atoms with Gasteiger partial charge < -0.3 is 19.7 Å². The van der Waals surface area contributed by atoms with Gasteiger partial charge >= 0.3 is 5.97 Å². The number of amides is 2. The number of hydrogen-bond acceptors (Lipinski definition) is 5. The minimum Gasteiger partial charge on any atom is -0.497 e. The minimum atomic E-state index is -0.669. The van der Waals surface area contributed by atoms with Crippen LogP contribution in [0.3, 0.4) is 0 Å². The Morgan fingerprint density at radius 3 is 2.27 bits per heavy atom. The first-order valence-corrected chi connectivity index (χ1v) is 9.84. The van der Waals surface area contributed by atoms with Gasteiger partial charge in [-0.15, -0.1) is 0 Å². The molecule has 160 valence electrons. The molecule has 2 aromatic rings. The fourth-order valence-electron chi connectivity index (χ4n) is 2.76. The van der Waals surface area contributed by atoms with Crippen LogP contribution in [0.5, 0.6) is 5.75 Å². The summed E-state index contributed by atoms with van der Waals surface area (Å²) in [6.07, 6.45) is 0.795. The van der Waals surface area contributed by atoms with Crippen LogP contribution in [-0.4, -0.2) is 49.5 Å². The highest BCUT2D eigenvalue weighted by Crippen LogP contribution is 2.11. The van der Waals surface area contributed by atoms with Crippen LogP contribution in [0, 0.1) is 6.92 Å². The van der Waals surface area contributed by atoms with Crippen molar-refractivity contribution in [3.05, 3.63) is 65.2 Å². The zero-order valence-electron chi connectivity index (χ0n) is 17.6. The molecular formula is C23H28N2O5. The Labute approximate surface area is 177 Å². The molecule has 0 aliphatic rings. The molecule has 0 aliphatic carbocycles. The standard InChI is InChI=1S/C23H28N2O5/c1-4-13-25(15-18-7-5-17(2)6-8-18)21(26)16-30-22(27)14-24-23(28)19-9-11-20(29-3)12-10-19/h5-12H,4,13-16H2,1-3H3,(H,24,28). The number of benzene rings is 2. The second-order valence-electron chi connectivity index (χ2n) is 6.87. The molecular weight excluding hydrogens is 384 g/mol. The van der Waals surface area contributed by atoms with Gasteiger partial charge in [-0.05, 0) is 43.2 Å². The molecule has 7 nitrogen and oxygen atoms in total. The highest BCUT2D eigenvalue weighted by atomic mass is 16.5. The van der Waals surface area contributed by atoms with E-state index >= 15 is 0 Å². The molecule has 0 saturated heterocycles. The number of hydrogen-bond donors (Lipinski definition) is 1. The molecule has 0 saturated carbocycles. The van der Waals surface area contributed by atoms with Crippen LogP contribution < -0.4 is 10.1 Å². The summed E-state index contributed by atoms with van der Waals surface area (Å²) >= 11 is 0. The van der Waals surface area contributed by atoms with Crippen molar-refractivity contribution in [3.8, 4) is 5.75 Å². The average Bonchev–Trinajstić information content (AvgIpc) is 2.77. The van der Waals surface area contributed by atoms with E-state index in [4.69, 9.17) is 9.47 Å². The largest absolute Gasteiger partial charge is 0.497 e. The third-order valence-corrected chi connectivity index (χ3v) is 4.44. The Bertz CT molecular complexity index is 847. The fraction of sp³-hybridized carbons (Fsp3) is 0.348. The molecule has 2 aromatic carbocycles. The first-order chi connectivity index (χ1) is 14.4. The molecule has 0 radical (unpaired) electrons. The lowest BCUT2D eigenvalue weighted by Crippen LogP contribution is -2.36. The van der Waals surface area contributed by atoms with Gasteiger partial charge in [0.2, 0.25) is 0 Å². The van der Waals surface area contributed by atoms with Crippen LogP contribution in [-0.2, 0) is 20.9 Å². The maximum absolute atomic E-state index is 12.5. The van der Waals surface area contributed by atoms with Gasteiger partial charge in [-0.3, -0.25) is 14.4 Å². The van der Waals surface area contributed by atoms with Crippen LogP contribution >= 0.6 is 0 Å². The molecule has 0 spiro atoms. The van der Waals surface area contributed by atoms with Crippen LogP contribution in [0.2, 0.25) is 0 Å². The summed E-state index contributed by atoms with van der Waals surface area (Å²) in [4.78, 5) is 38.1. The summed E-state index contributed by atoms with van der Waals surface area (Å²) in [5, 5.41) is 2.48. The second kappa shape index (κ2) is 11.6. The molecule has 2 amide bonds. The molecule has 7 heteroatoms.